The van der Waals surface area contributed by atoms with Crippen molar-refractivity contribution >= 4 is 39.8 Å². The lowest BCUT2D eigenvalue weighted by atomic mass is 10.1. The molecule has 9 nitrogen and oxygen atoms in total. The Bertz CT molecular complexity index is 1280. The van der Waals surface area contributed by atoms with E-state index in [0.717, 1.165) is 25.7 Å². The molecule has 0 aliphatic carbocycles. The van der Waals surface area contributed by atoms with E-state index in [1.807, 2.05) is 25.8 Å². The zero-order valence-electron chi connectivity index (χ0n) is 25.7. The van der Waals surface area contributed by atoms with Crippen molar-refractivity contribution in [2.45, 2.75) is 59.6 Å². The highest BCUT2D eigenvalue weighted by Crippen LogP contribution is 2.37. The first-order valence-corrected chi connectivity index (χ1v) is 14.6. The maximum absolute atomic E-state index is 14.4. The van der Waals surface area contributed by atoms with Gasteiger partial charge in [-0.1, -0.05) is 38.4 Å². The Kier molecular flexibility index (Phi) is 14.9. The number of likely N-dealkylation sites (N-methyl/N-ethyl adjacent to an activating group) is 1. The number of carbonyl (C=O) groups is 1. The molecule has 1 unspecified atom stereocenters. The van der Waals surface area contributed by atoms with Gasteiger partial charge >= 0.3 is 0 Å². The molecule has 0 radical (unpaired) electrons. The van der Waals surface area contributed by atoms with Crippen LogP contribution >= 0.6 is 11.6 Å². The van der Waals surface area contributed by atoms with Crippen molar-refractivity contribution in [1.29, 1.82) is 0 Å². The van der Waals surface area contributed by atoms with Crippen LogP contribution in [0.15, 0.2) is 36.7 Å². The van der Waals surface area contributed by atoms with Crippen LogP contribution in [0.1, 0.15) is 47.5 Å². The number of aromatic nitrogens is 2. The summed E-state index contributed by atoms with van der Waals surface area (Å²) in [4.78, 5) is 22.4. The summed E-state index contributed by atoms with van der Waals surface area (Å²) in [7, 11) is 3.46. The van der Waals surface area contributed by atoms with Crippen LogP contribution in [-0.2, 0) is 9.53 Å². The molecule has 0 bridgehead atoms. The standard InChI is InChI=1S/C22H22ClFN4O3.C7H16O.C2H7N/c1-12(29)18-7-13(10-28(18)2)31-20-8-14-17(9-19(20)30-3)25-11-26-22(14)27-16-6-4-5-15(23)21(16)24;1-4-8-6-5-7(2)3;1-2-3/h4-6,8-9,11,13,18H,7,10H2,1-3H3,(H,25,26,27);7H,4-6H2,1-3H3;2-3H2,1H3/t13?,18-;;/m1../s1. The molecule has 1 aromatic heterocycles. The minimum Gasteiger partial charge on any atom is -0.493 e. The second-order valence-corrected chi connectivity index (χ2v) is 10.7. The maximum Gasteiger partial charge on any atom is 0.165 e. The highest BCUT2D eigenvalue weighted by Gasteiger charge is 2.34. The number of nitrogens with two attached hydrogens (primary N) is 1. The van der Waals surface area contributed by atoms with Crippen LogP contribution in [0.25, 0.3) is 10.9 Å². The van der Waals surface area contributed by atoms with Crippen LogP contribution in [0.4, 0.5) is 15.9 Å². The summed E-state index contributed by atoms with van der Waals surface area (Å²) in [6, 6.07) is 8.04. The van der Waals surface area contributed by atoms with Crippen molar-refractivity contribution in [3.8, 4) is 11.5 Å². The molecule has 232 valence electrons. The molecule has 0 saturated carbocycles. The third-order valence-electron chi connectivity index (χ3n) is 6.44. The summed E-state index contributed by atoms with van der Waals surface area (Å²) in [5.41, 5.74) is 5.65. The quantitative estimate of drug-likeness (QED) is 0.259. The monoisotopic (exact) mass is 605 g/mol. The lowest BCUT2D eigenvalue weighted by molar-refractivity contribution is -0.120. The number of halogens is 2. The fraction of sp³-hybridized carbons (Fsp3) is 0.516. The summed E-state index contributed by atoms with van der Waals surface area (Å²) in [5.74, 6) is 1.75. The summed E-state index contributed by atoms with van der Waals surface area (Å²) in [6.07, 6.45) is 3.00. The summed E-state index contributed by atoms with van der Waals surface area (Å²) in [5, 5.41) is 3.63. The Balaban J connectivity index is 0.000000480. The van der Waals surface area contributed by atoms with Crippen LogP contribution in [0.3, 0.4) is 0 Å². The average Bonchev–Trinajstić information content (AvgIpc) is 3.32. The van der Waals surface area contributed by atoms with E-state index >= 15 is 0 Å². The number of Topliss-reactive ketones (excluding diaryl/α,β-unsaturated/α-hetero) is 1. The highest BCUT2D eigenvalue weighted by atomic mass is 35.5. The Hall–Kier alpha value is -3.05. The zero-order valence-corrected chi connectivity index (χ0v) is 26.5. The van der Waals surface area contributed by atoms with Gasteiger partial charge in [0.1, 0.15) is 24.0 Å². The molecule has 1 fully saturated rings. The molecular weight excluding hydrogens is 561 g/mol. The zero-order chi connectivity index (χ0) is 31.2. The Labute approximate surface area is 253 Å². The van der Waals surface area contributed by atoms with Crippen molar-refractivity contribution in [3.05, 3.63) is 47.5 Å². The van der Waals surface area contributed by atoms with Gasteiger partial charge < -0.3 is 25.3 Å². The molecule has 42 heavy (non-hydrogen) atoms. The fourth-order valence-corrected chi connectivity index (χ4v) is 4.47. The number of hydrogen-bond acceptors (Lipinski definition) is 9. The van der Waals surface area contributed by atoms with Crippen molar-refractivity contribution in [2.24, 2.45) is 11.7 Å². The number of fused-ring (bicyclic) bond motifs is 1. The Morgan fingerprint density at radius 1 is 1.24 bits per heavy atom. The van der Waals surface area contributed by atoms with Crippen molar-refractivity contribution < 1.29 is 23.4 Å². The molecule has 1 aliphatic rings. The number of carbonyl (C=O) groups excluding carboxylic acids is 1. The molecule has 1 saturated heterocycles. The first-order valence-electron chi connectivity index (χ1n) is 14.2. The number of anilines is 2. The van der Waals surface area contributed by atoms with E-state index < -0.39 is 5.82 Å². The van der Waals surface area contributed by atoms with Gasteiger partial charge in [0, 0.05) is 37.6 Å². The number of hydrogen-bond donors (Lipinski definition) is 2. The molecule has 3 N–H and O–H groups in total. The van der Waals surface area contributed by atoms with Crippen LogP contribution in [0.5, 0.6) is 11.5 Å². The van der Waals surface area contributed by atoms with Crippen LogP contribution in [0.2, 0.25) is 5.02 Å². The molecule has 2 heterocycles. The molecule has 1 aliphatic heterocycles. The van der Waals surface area contributed by atoms with Gasteiger partial charge in [0.05, 0.1) is 29.4 Å². The minimum atomic E-state index is -0.565. The fourth-order valence-electron chi connectivity index (χ4n) is 4.30. The summed E-state index contributed by atoms with van der Waals surface area (Å²) >= 11 is 5.89. The molecule has 3 aromatic rings. The maximum atomic E-state index is 14.4. The number of nitrogens with one attached hydrogen (secondary N) is 1. The van der Waals surface area contributed by atoms with E-state index in [2.05, 4.69) is 29.1 Å². The van der Waals surface area contributed by atoms with Crippen LogP contribution < -0.4 is 20.5 Å². The van der Waals surface area contributed by atoms with E-state index in [-0.39, 0.29) is 28.6 Å². The van der Waals surface area contributed by atoms with E-state index in [1.165, 1.54) is 18.8 Å². The second kappa shape index (κ2) is 17.8. The van der Waals surface area contributed by atoms with Gasteiger partial charge in [0.2, 0.25) is 0 Å². The molecule has 11 heteroatoms. The van der Waals surface area contributed by atoms with Gasteiger partial charge in [-0.15, -0.1) is 0 Å². The van der Waals surface area contributed by atoms with E-state index in [9.17, 15) is 9.18 Å². The van der Waals surface area contributed by atoms with Gasteiger partial charge in [-0.3, -0.25) is 9.69 Å². The Morgan fingerprint density at radius 3 is 2.55 bits per heavy atom. The van der Waals surface area contributed by atoms with Gasteiger partial charge in [-0.25, -0.2) is 14.4 Å². The number of methoxy groups -OCH3 is 1. The van der Waals surface area contributed by atoms with Crippen molar-refractivity contribution in [2.75, 3.05) is 45.8 Å². The van der Waals surface area contributed by atoms with E-state index in [4.69, 9.17) is 31.5 Å². The van der Waals surface area contributed by atoms with Gasteiger partial charge in [-0.2, -0.15) is 0 Å². The second-order valence-electron chi connectivity index (χ2n) is 10.3. The Morgan fingerprint density at radius 2 is 1.95 bits per heavy atom. The third-order valence-corrected chi connectivity index (χ3v) is 6.73. The number of ketones is 1. The molecule has 2 aromatic carbocycles. The number of rotatable bonds is 10. The number of benzene rings is 2. The molecular formula is C31H45ClFN5O4. The topological polar surface area (TPSA) is 112 Å². The minimum absolute atomic E-state index is 0.0134. The van der Waals surface area contributed by atoms with Gasteiger partial charge in [0.25, 0.3) is 0 Å². The summed E-state index contributed by atoms with van der Waals surface area (Å²) < 4.78 is 31.2. The average molecular weight is 606 g/mol. The van der Waals surface area contributed by atoms with Gasteiger partial charge in [0.15, 0.2) is 17.3 Å². The lowest BCUT2D eigenvalue weighted by Crippen LogP contribution is -2.31. The van der Waals surface area contributed by atoms with E-state index in [1.54, 1.807) is 38.3 Å². The largest absolute Gasteiger partial charge is 0.493 e. The number of likely N-dealkylation sites (tertiary alicyclic amines) is 1. The van der Waals surface area contributed by atoms with Crippen molar-refractivity contribution in [3.63, 3.8) is 0 Å². The third kappa shape index (κ3) is 10.3. The predicted octanol–water partition coefficient (Wildman–Crippen LogP) is 6.25. The van der Waals surface area contributed by atoms with E-state index in [0.29, 0.717) is 41.2 Å². The predicted molar refractivity (Wildman–Crippen MR) is 168 cm³/mol. The highest BCUT2D eigenvalue weighted by molar-refractivity contribution is 6.31. The molecule has 0 amide bonds. The molecule has 0 spiro atoms. The van der Waals surface area contributed by atoms with Crippen LogP contribution in [-0.4, -0.2) is 73.3 Å². The summed E-state index contributed by atoms with van der Waals surface area (Å²) in [6.45, 7) is 13.1. The SMILES string of the molecule is CCN.CCOCCC(C)C.COc1cc2ncnc(Nc3cccc(Cl)c3F)c2cc1OC1C[C@H](C(C)=O)N(C)C1. The first-order chi connectivity index (χ1) is 20.1. The van der Waals surface area contributed by atoms with Crippen molar-refractivity contribution in [1.82, 2.24) is 14.9 Å². The normalized spacial score (nSPS) is 16.4. The number of ether oxygens (including phenoxy) is 3. The van der Waals surface area contributed by atoms with Crippen LogP contribution in [0, 0.1) is 11.7 Å². The van der Waals surface area contributed by atoms with Gasteiger partial charge in [-0.05, 0) is 58.0 Å². The molecule has 4 rings (SSSR count). The number of nitrogens with zero attached hydrogens (tertiary/aromatic N) is 3. The smallest absolute Gasteiger partial charge is 0.165 e. The molecule has 2 atom stereocenters. The first kappa shape index (κ1) is 35.1. The lowest BCUT2D eigenvalue weighted by Gasteiger charge is -2.17.